The summed E-state index contributed by atoms with van der Waals surface area (Å²) in [5, 5.41) is 19.6. The molecule has 172 valence electrons. The molecule has 1 aromatic heterocycles. The van der Waals surface area contributed by atoms with E-state index in [1.165, 1.54) is 11.1 Å². The van der Waals surface area contributed by atoms with Crippen LogP contribution in [0.25, 0.3) is 10.9 Å². The maximum atomic E-state index is 14.8. The normalized spacial score (nSPS) is 15.6. The Morgan fingerprint density at radius 1 is 1.29 bits per heavy atom. The molecule has 1 amide bonds. The first-order valence-corrected chi connectivity index (χ1v) is 11.6. The maximum Gasteiger partial charge on any atom is 0.410 e. The number of benzene rings is 2. The van der Waals surface area contributed by atoms with Gasteiger partial charge >= 0.3 is 6.09 Å². The van der Waals surface area contributed by atoms with Crippen LogP contribution in [0.3, 0.4) is 0 Å². The number of nitrogens with zero attached hydrogens (tertiary/aromatic N) is 5. The number of hydrogen-bond donors (Lipinski definition) is 0. The first kappa shape index (κ1) is 23.7. The predicted molar refractivity (Wildman–Crippen MR) is 129 cm³/mol. The standard InChI is InChI=1S/C24H18BrClFN5O2/c25-20-19(26)10-18-22(21(20)27)30-12-16(11-29)23(18)31-8-9-32(17(13-31)6-7-28)24(33)34-14-15-4-2-1-3-5-15/h1-5,10,12,17H,6,8-9,13-14H2/t17-/m0/s1. The van der Waals surface area contributed by atoms with Gasteiger partial charge in [-0.25, -0.2) is 9.18 Å². The third-order valence-corrected chi connectivity index (χ3v) is 6.96. The SMILES string of the molecule is N#CC[C@H]1CN(c2c(C#N)cnc3c(F)c(Br)c(Cl)cc23)CCN1C(=O)OCc1ccccc1. The quantitative estimate of drug-likeness (QED) is 0.410. The molecule has 1 aliphatic rings. The monoisotopic (exact) mass is 541 g/mol. The summed E-state index contributed by atoms with van der Waals surface area (Å²) >= 11 is 9.32. The van der Waals surface area contributed by atoms with E-state index in [0.717, 1.165) is 5.56 Å². The van der Waals surface area contributed by atoms with Crippen LogP contribution in [0, 0.1) is 28.5 Å². The first-order valence-electron chi connectivity index (χ1n) is 10.4. The molecule has 1 fully saturated rings. The maximum absolute atomic E-state index is 14.8. The minimum Gasteiger partial charge on any atom is -0.445 e. The van der Waals surface area contributed by atoms with E-state index in [1.807, 2.05) is 35.2 Å². The van der Waals surface area contributed by atoms with Crippen molar-refractivity contribution in [3.8, 4) is 12.1 Å². The zero-order chi connectivity index (χ0) is 24.2. The molecule has 2 heterocycles. The van der Waals surface area contributed by atoms with Gasteiger partial charge in [-0.15, -0.1) is 0 Å². The van der Waals surface area contributed by atoms with Crippen LogP contribution in [0.5, 0.6) is 0 Å². The highest BCUT2D eigenvalue weighted by Gasteiger charge is 2.33. The number of halogens is 3. The highest BCUT2D eigenvalue weighted by Crippen LogP contribution is 2.38. The molecule has 0 radical (unpaired) electrons. The van der Waals surface area contributed by atoms with E-state index in [0.29, 0.717) is 17.6 Å². The van der Waals surface area contributed by atoms with E-state index in [4.69, 9.17) is 16.3 Å². The van der Waals surface area contributed by atoms with Crippen molar-refractivity contribution in [2.45, 2.75) is 19.1 Å². The Labute approximate surface area is 209 Å². The van der Waals surface area contributed by atoms with Crippen LogP contribution >= 0.6 is 27.5 Å². The number of hydrogen-bond acceptors (Lipinski definition) is 6. The lowest BCUT2D eigenvalue weighted by molar-refractivity contribution is 0.0769. The molecular formula is C24H18BrClFN5O2. The fraction of sp³-hybridized carbons (Fsp3) is 0.250. The van der Waals surface area contributed by atoms with Gasteiger partial charge in [-0.3, -0.25) is 4.98 Å². The lowest BCUT2D eigenvalue weighted by atomic mass is 10.0. The van der Waals surface area contributed by atoms with Crippen molar-refractivity contribution in [3.63, 3.8) is 0 Å². The lowest BCUT2D eigenvalue weighted by Gasteiger charge is -2.41. The summed E-state index contributed by atoms with van der Waals surface area (Å²) in [5.41, 5.74) is 1.66. The Morgan fingerprint density at radius 2 is 2.06 bits per heavy atom. The molecule has 0 aliphatic carbocycles. The van der Waals surface area contributed by atoms with Gasteiger partial charge in [0.2, 0.25) is 0 Å². The van der Waals surface area contributed by atoms with Crippen molar-refractivity contribution < 1.29 is 13.9 Å². The summed E-state index contributed by atoms with van der Waals surface area (Å²) in [7, 11) is 0. The van der Waals surface area contributed by atoms with Gasteiger partial charge < -0.3 is 14.5 Å². The van der Waals surface area contributed by atoms with Crippen LogP contribution in [-0.4, -0.2) is 41.7 Å². The smallest absolute Gasteiger partial charge is 0.410 e. The molecular weight excluding hydrogens is 525 g/mol. The number of rotatable bonds is 4. The molecule has 1 saturated heterocycles. The first-order chi connectivity index (χ1) is 16.4. The summed E-state index contributed by atoms with van der Waals surface area (Å²) in [5.74, 6) is -0.620. The molecule has 0 bridgehead atoms. The number of ether oxygens (including phenoxy) is 1. The average Bonchev–Trinajstić information content (AvgIpc) is 2.86. The second kappa shape index (κ2) is 10.3. The van der Waals surface area contributed by atoms with Gasteiger partial charge in [0, 0.05) is 31.2 Å². The number of amides is 1. The number of carbonyl (C=O) groups is 1. The molecule has 0 spiro atoms. The average molecular weight is 543 g/mol. The highest BCUT2D eigenvalue weighted by molar-refractivity contribution is 9.10. The van der Waals surface area contributed by atoms with Gasteiger partial charge in [0.05, 0.1) is 39.3 Å². The van der Waals surface area contributed by atoms with E-state index in [9.17, 15) is 19.7 Å². The molecule has 0 N–H and O–H groups in total. The molecule has 0 unspecified atom stereocenters. The number of piperazine rings is 1. The fourth-order valence-corrected chi connectivity index (χ4v) is 4.53. The van der Waals surface area contributed by atoms with Crippen LogP contribution < -0.4 is 4.90 Å². The molecule has 0 saturated carbocycles. The largest absolute Gasteiger partial charge is 0.445 e. The Hall–Kier alpha value is -3.40. The zero-order valence-electron chi connectivity index (χ0n) is 17.8. The van der Waals surface area contributed by atoms with Crippen LogP contribution in [0.1, 0.15) is 17.5 Å². The molecule has 4 rings (SSSR count). The lowest BCUT2D eigenvalue weighted by Crippen LogP contribution is -2.55. The van der Waals surface area contributed by atoms with Crippen molar-refractivity contribution in [2.24, 2.45) is 0 Å². The van der Waals surface area contributed by atoms with E-state index >= 15 is 0 Å². The zero-order valence-corrected chi connectivity index (χ0v) is 20.2. The molecule has 34 heavy (non-hydrogen) atoms. The second-order valence-corrected chi connectivity index (χ2v) is 8.91. The van der Waals surface area contributed by atoms with E-state index in [1.54, 1.807) is 6.07 Å². The topological polar surface area (TPSA) is 93.3 Å². The summed E-state index contributed by atoms with van der Waals surface area (Å²) in [4.78, 5) is 20.3. The van der Waals surface area contributed by atoms with Crippen LogP contribution in [-0.2, 0) is 11.3 Å². The van der Waals surface area contributed by atoms with Crippen molar-refractivity contribution in [1.82, 2.24) is 9.88 Å². The Balaban J connectivity index is 1.62. The van der Waals surface area contributed by atoms with Gasteiger partial charge in [-0.2, -0.15) is 10.5 Å². The van der Waals surface area contributed by atoms with E-state index < -0.39 is 18.0 Å². The number of aromatic nitrogens is 1. The van der Waals surface area contributed by atoms with Crippen molar-refractivity contribution in [3.05, 3.63) is 69.0 Å². The molecule has 7 nitrogen and oxygen atoms in total. The second-order valence-electron chi connectivity index (χ2n) is 7.71. The minimum absolute atomic E-state index is 0.0719. The third kappa shape index (κ3) is 4.63. The molecule has 2 aromatic carbocycles. The van der Waals surface area contributed by atoms with Gasteiger partial charge in [0.25, 0.3) is 0 Å². The van der Waals surface area contributed by atoms with Crippen molar-refractivity contribution in [2.75, 3.05) is 24.5 Å². The summed E-state index contributed by atoms with van der Waals surface area (Å²) in [6, 6.07) is 14.6. The number of fused-ring (bicyclic) bond motifs is 1. The van der Waals surface area contributed by atoms with Crippen molar-refractivity contribution >= 4 is 50.2 Å². The van der Waals surface area contributed by atoms with Gasteiger partial charge in [-0.05, 0) is 27.6 Å². The molecule has 1 aliphatic heterocycles. The van der Waals surface area contributed by atoms with E-state index in [2.05, 4.69) is 33.1 Å². The minimum atomic E-state index is -0.620. The number of anilines is 1. The number of carbonyl (C=O) groups excluding carboxylic acids is 1. The summed E-state index contributed by atoms with van der Waals surface area (Å²) in [6.45, 7) is 1.00. The number of pyridine rings is 1. The predicted octanol–water partition coefficient (Wildman–Crippen LogP) is 5.40. The third-order valence-electron chi connectivity index (χ3n) is 5.66. The number of nitriles is 2. The Kier molecular flexibility index (Phi) is 7.16. The van der Waals surface area contributed by atoms with Gasteiger partial charge in [0.1, 0.15) is 18.2 Å². The van der Waals surface area contributed by atoms with E-state index in [-0.39, 0.29) is 46.7 Å². The summed E-state index contributed by atoms with van der Waals surface area (Å²) in [6.07, 6.45) is 0.880. The van der Waals surface area contributed by atoms with Gasteiger partial charge in [-0.1, -0.05) is 41.9 Å². The van der Waals surface area contributed by atoms with Gasteiger partial charge in [0.15, 0.2) is 5.82 Å². The Bertz CT molecular complexity index is 1330. The van der Waals surface area contributed by atoms with Crippen LogP contribution in [0.15, 0.2) is 47.1 Å². The Morgan fingerprint density at radius 3 is 2.76 bits per heavy atom. The van der Waals surface area contributed by atoms with Crippen LogP contribution in [0.4, 0.5) is 14.9 Å². The molecule has 3 aromatic rings. The fourth-order valence-electron chi connectivity index (χ4n) is 4.03. The van der Waals surface area contributed by atoms with Crippen LogP contribution in [0.2, 0.25) is 5.02 Å². The summed E-state index contributed by atoms with van der Waals surface area (Å²) < 4.78 is 20.4. The molecule has 10 heteroatoms. The van der Waals surface area contributed by atoms with Crippen molar-refractivity contribution in [1.29, 1.82) is 10.5 Å². The molecule has 1 atom stereocenters. The highest BCUT2D eigenvalue weighted by atomic mass is 79.9.